The third-order valence-corrected chi connectivity index (χ3v) is 5.46. The summed E-state index contributed by atoms with van der Waals surface area (Å²) in [5.74, 6) is -0.235. The van der Waals surface area contributed by atoms with Gasteiger partial charge in [0.15, 0.2) is 0 Å². The van der Waals surface area contributed by atoms with E-state index in [0.29, 0.717) is 22.3 Å². The Hall–Kier alpha value is -2.03. The van der Waals surface area contributed by atoms with Crippen LogP contribution in [0.5, 0.6) is 0 Å². The number of methoxy groups -OCH3 is 1. The Labute approximate surface area is 160 Å². The van der Waals surface area contributed by atoms with Gasteiger partial charge in [0.2, 0.25) is 10.9 Å². The summed E-state index contributed by atoms with van der Waals surface area (Å²) < 4.78 is 4.92. The number of nitrogens with one attached hydrogen (secondary N) is 1. The van der Waals surface area contributed by atoms with E-state index < -0.39 is 0 Å². The fraction of sp³-hybridized carbons (Fsp3) is 0.412. The molecule has 1 N–H and O–H groups in total. The molecule has 1 saturated heterocycles. The molecule has 1 atom stereocenters. The molecule has 2 aromatic rings. The Morgan fingerprint density at radius 1 is 1.35 bits per heavy atom. The van der Waals surface area contributed by atoms with Gasteiger partial charge in [0, 0.05) is 36.8 Å². The normalized spacial score (nSPS) is 17.2. The number of likely N-dealkylation sites (tertiary alicyclic amines) is 1. The van der Waals surface area contributed by atoms with E-state index in [9.17, 15) is 9.59 Å². The van der Waals surface area contributed by atoms with Gasteiger partial charge in [-0.3, -0.25) is 9.59 Å². The summed E-state index contributed by atoms with van der Waals surface area (Å²) in [6.07, 6.45) is 1.82. The number of aromatic nitrogens is 2. The average molecular weight is 395 g/mol. The molecule has 1 aliphatic heterocycles. The first-order chi connectivity index (χ1) is 12.6. The molecule has 2 heterocycles. The molecular weight excluding hydrogens is 376 g/mol. The SMILES string of the molecule is COCC(=O)N1CCCC(c2nnc(C(=O)Nc3ccc(Cl)cc3)s2)C1. The first-order valence-corrected chi connectivity index (χ1v) is 9.43. The van der Waals surface area contributed by atoms with E-state index >= 15 is 0 Å². The van der Waals surface area contributed by atoms with E-state index in [1.165, 1.54) is 18.4 Å². The van der Waals surface area contributed by atoms with Crippen LogP contribution in [-0.4, -0.2) is 53.7 Å². The maximum atomic E-state index is 12.3. The fourth-order valence-corrected chi connectivity index (χ4v) is 3.82. The van der Waals surface area contributed by atoms with E-state index in [4.69, 9.17) is 16.3 Å². The number of nitrogens with zero attached hydrogens (tertiary/aromatic N) is 3. The molecule has 1 aromatic carbocycles. The van der Waals surface area contributed by atoms with Crippen molar-refractivity contribution in [2.45, 2.75) is 18.8 Å². The Morgan fingerprint density at radius 3 is 2.85 bits per heavy atom. The van der Waals surface area contributed by atoms with Gasteiger partial charge >= 0.3 is 0 Å². The molecule has 1 aliphatic rings. The van der Waals surface area contributed by atoms with Gasteiger partial charge in [0.05, 0.1) is 0 Å². The fourth-order valence-electron chi connectivity index (χ4n) is 2.83. The predicted molar refractivity (Wildman–Crippen MR) is 99.7 cm³/mol. The highest BCUT2D eigenvalue weighted by Crippen LogP contribution is 2.29. The summed E-state index contributed by atoms with van der Waals surface area (Å²) >= 11 is 7.11. The monoisotopic (exact) mass is 394 g/mol. The molecule has 7 nitrogen and oxygen atoms in total. The van der Waals surface area contributed by atoms with Crippen LogP contribution >= 0.6 is 22.9 Å². The number of rotatable bonds is 5. The quantitative estimate of drug-likeness (QED) is 0.842. The molecule has 1 aromatic heterocycles. The number of amides is 2. The van der Waals surface area contributed by atoms with Crippen LogP contribution in [0, 0.1) is 0 Å². The minimum Gasteiger partial charge on any atom is -0.375 e. The molecule has 138 valence electrons. The van der Waals surface area contributed by atoms with Gasteiger partial charge in [0.25, 0.3) is 5.91 Å². The number of halogens is 1. The third kappa shape index (κ3) is 4.57. The van der Waals surface area contributed by atoms with Crippen LogP contribution in [-0.2, 0) is 9.53 Å². The van der Waals surface area contributed by atoms with E-state index in [1.807, 2.05) is 0 Å². The lowest BCUT2D eigenvalue weighted by Crippen LogP contribution is -2.40. The van der Waals surface area contributed by atoms with Gasteiger partial charge in [-0.05, 0) is 37.1 Å². The highest BCUT2D eigenvalue weighted by Gasteiger charge is 2.27. The number of anilines is 1. The van der Waals surface area contributed by atoms with E-state index in [0.717, 1.165) is 24.4 Å². The highest BCUT2D eigenvalue weighted by molar-refractivity contribution is 7.13. The Morgan fingerprint density at radius 2 is 2.12 bits per heavy atom. The minimum atomic E-state index is -0.306. The van der Waals surface area contributed by atoms with Gasteiger partial charge in [-0.25, -0.2) is 0 Å². The van der Waals surface area contributed by atoms with E-state index in [1.54, 1.807) is 29.2 Å². The maximum Gasteiger partial charge on any atom is 0.286 e. The number of hydrogen-bond donors (Lipinski definition) is 1. The number of piperidine rings is 1. The highest BCUT2D eigenvalue weighted by atomic mass is 35.5. The number of ether oxygens (including phenoxy) is 1. The number of carbonyl (C=O) groups excluding carboxylic acids is 2. The minimum absolute atomic E-state index is 0.0255. The van der Waals surface area contributed by atoms with Crippen molar-refractivity contribution in [3.63, 3.8) is 0 Å². The molecule has 1 fully saturated rings. The predicted octanol–water partition coefficient (Wildman–Crippen LogP) is 2.80. The first kappa shape index (κ1) is 18.8. The van der Waals surface area contributed by atoms with Crippen molar-refractivity contribution in [3.8, 4) is 0 Å². The van der Waals surface area contributed by atoms with Gasteiger partial charge in [-0.15, -0.1) is 10.2 Å². The molecule has 0 saturated carbocycles. The van der Waals surface area contributed by atoms with Crippen LogP contribution in [0.3, 0.4) is 0 Å². The van der Waals surface area contributed by atoms with Gasteiger partial charge in [-0.1, -0.05) is 22.9 Å². The summed E-state index contributed by atoms with van der Waals surface area (Å²) in [5.41, 5.74) is 0.644. The van der Waals surface area contributed by atoms with Crippen molar-refractivity contribution in [2.75, 3.05) is 32.1 Å². The maximum absolute atomic E-state index is 12.3. The van der Waals surface area contributed by atoms with Crippen LogP contribution in [0.2, 0.25) is 5.02 Å². The Bertz CT molecular complexity index is 781. The Kier molecular flexibility index (Phi) is 6.18. The standard InChI is InChI=1S/C17H19ClN4O3S/c1-25-10-14(23)22-8-2-3-11(9-22)16-20-21-17(26-16)15(24)19-13-6-4-12(18)5-7-13/h4-7,11H,2-3,8-10H2,1H3,(H,19,24). The second-order valence-electron chi connectivity index (χ2n) is 6.02. The zero-order valence-electron chi connectivity index (χ0n) is 14.3. The zero-order valence-corrected chi connectivity index (χ0v) is 15.8. The number of benzene rings is 1. The molecule has 0 spiro atoms. The average Bonchev–Trinajstić information content (AvgIpc) is 3.14. The van der Waals surface area contributed by atoms with Crippen molar-refractivity contribution < 1.29 is 14.3 Å². The summed E-state index contributed by atoms with van der Waals surface area (Å²) in [7, 11) is 1.51. The van der Waals surface area contributed by atoms with Crippen LogP contribution in [0.15, 0.2) is 24.3 Å². The largest absolute Gasteiger partial charge is 0.375 e. The second-order valence-corrected chi connectivity index (χ2v) is 7.46. The number of carbonyl (C=O) groups is 2. The lowest BCUT2D eigenvalue weighted by atomic mass is 9.99. The van der Waals surface area contributed by atoms with Crippen molar-refractivity contribution in [3.05, 3.63) is 39.3 Å². The lowest BCUT2D eigenvalue weighted by molar-refractivity contribution is -0.136. The smallest absolute Gasteiger partial charge is 0.286 e. The van der Waals surface area contributed by atoms with Crippen LogP contribution in [0.4, 0.5) is 5.69 Å². The molecule has 26 heavy (non-hydrogen) atoms. The lowest BCUT2D eigenvalue weighted by Gasteiger charge is -2.31. The molecule has 2 amide bonds. The summed E-state index contributed by atoms with van der Waals surface area (Å²) in [4.78, 5) is 26.1. The van der Waals surface area contributed by atoms with E-state index in [2.05, 4.69) is 15.5 Å². The van der Waals surface area contributed by atoms with Gasteiger partial charge in [-0.2, -0.15) is 0 Å². The molecular formula is C17H19ClN4O3S. The van der Waals surface area contributed by atoms with E-state index in [-0.39, 0.29) is 24.3 Å². The molecule has 0 bridgehead atoms. The number of hydrogen-bond acceptors (Lipinski definition) is 6. The summed E-state index contributed by atoms with van der Waals surface area (Å²) in [6.45, 7) is 1.38. The topological polar surface area (TPSA) is 84.4 Å². The summed E-state index contributed by atoms with van der Waals surface area (Å²) in [6, 6.07) is 6.86. The zero-order chi connectivity index (χ0) is 18.5. The molecule has 0 aliphatic carbocycles. The van der Waals surface area contributed by atoms with Crippen molar-refractivity contribution in [1.29, 1.82) is 0 Å². The van der Waals surface area contributed by atoms with Crippen molar-refractivity contribution in [1.82, 2.24) is 15.1 Å². The van der Waals surface area contributed by atoms with Gasteiger partial charge < -0.3 is 15.0 Å². The molecule has 0 radical (unpaired) electrons. The van der Waals surface area contributed by atoms with Crippen LogP contribution in [0.25, 0.3) is 0 Å². The molecule has 1 unspecified atom stereocenters. The van der Waals surface area contributed by atoms with Gasteiger partial charge in [0.1, 0.15) is 11.6 Å². The van der Waals surface area contributed by atoms with Crippen LogP contribution < -0.4 is 5.32 Å². The second kappa shape index (κ2) is 8.57. The van der Waals surface area contributed by atoms with Crippen molar-refractivity contribution >= 4 is 40.4 Å². The summed E-state index contributed by atoms with van der Waals surface area (Å²) in [5, 5.41) is 12.6. The third-order valence-electron chi connectivity index (χ3n) is 4.13. The Balaban J connectivity index is 1.64. The first-order valence-electron chi connectivity index (χ1n) is 8.24. The van der Waals surface area contributed by atoms with Crippen molar-refractivity contribution in [2.24, 2.45) is 0 Å². The molecule has 9 heteroatoms. The van der Waals surface area contributed by atoms with Crippen LogP contribution in [0.1, 0.15) is 33.6 Å². The molecule has 3 rings (SSSR count).